The number of alkyl halides is 3. The maximum absolute atomic E-state index is 12.0. The summed E-state index contributed by atoms with van der Waals surface area (Å²) in [6.45, 7) is 3.40. The molecule has 0 aliphatic heterocycles. The van der Waals surface area contributed by atoms with Crippen LogP contribution in [0.4, 0.5) is 13.2 Å². The van der Waals surface area contributed by atoms with E-state index in [0.717, 1.165) is 5.56 Å². The Morgan fingerprint density at radius 1 is 1.14 bits per heavy atom. The molecule has 6 nitrogen and oxygen atoms in total. The number of aliphatic imine (C=N–C) groups is 1. The van der Waals surface area contributed by atoms with Gasteiger partial charge in [0.1, 0.15) is 6.61 Å². The van der Waals surface area contributed by atoms with E-state index in [9.17, 15) is 18.0 Å². The lowest BCUT2D eigenvalue weighted by Gasteiger charge is -2.13. The molecule has 1 aromatic carbocycles. The summed E-state index contributed by atoms with van der Waals surface area (Å²) in [6, 6.07) is 7.17. The maximum atomic E-state index is 12.0. The molecule has 160 valence electrons. The molecule has 0 saturated carbocycles. The Hall–Kier alpha value is -1.56. The molecule has 0 aromatic heterocycles. The van der Waals surface area contributed by atoms with Gasteiger partial charge in [-0.2, -0.15) is 13.2 Å². The van der Waals surface area contributed by atoms with Crippen LogP contribution < -0.4 is 16.0 Å². The molecule has 0 fully saturated rings. The van der Waals surface area contributed by atoms with E-state index in [4.69, 9.17) is 0 Å². The molecule has 0 atom stereocenters. The van der Waals surface area contributed by atoms with Gasteiger partial charge in [-0.15, -0.1) is 24.0 Å². The molecule has 0 saturated heterocycles. The van der Waals surface area contributed by atoms with Gasteiger partial charge in [-0.3, -0.25) is 9.79 Å². The van der Waals surface area contributed by atoms with Crippen LogP contribution in [0.3, 0.4) is 0 Å². The number of hydrogen-bond acceptors (Lipinski definition) is 3. The normalized spacial score (nSPS) is 11.8. The molecule has 28 heavy (non-hydrogen) atoms. The lowest BCUT2D eigenvalue weighted by molar-refractivity contribution is -0.176. The van der Waals surface area contributed by atoms with E-state index in [-0.39, 0.29) is 42.5 Å². The lowest BCUT2D eigenvalue weighted by atomic mass is 10.1. The molecule has 1 rings (SSSR count). The number of nitrogens with one attached hydrogen (secondary N) is 3. The third-order valence-electron chi connectivity index (χ3n) is 3.34. The van der Waals surface area contributed by atoms with Gasteiger partial charge in [-0.05, 0) is 25.0 Å². The first-order valence-corrected chi connectivity index (χ1v) is 8.66. The SMILES string of the molecule is CN=C(NCCC(=O)NC(C)C)NCc1ccc(COCC(F)(F)F)cc1.I. The zero-order chi connectivity index (χ0) is 20.3. The van der Waals surface area contributed by atoms with Gasteiger partial charge in [0, 0.05) is 32.6 Å². The number of ether oxygens (including phenoxy) is 1. The predicted molar refractivity (Wildman–Crippen MR) is 114 cm³/mol. The number of carbonyl (C=O) groups excluding carboxylic acids is 1. The van der Waals surface area contributed by atoms with Crippen LogP contribution in [0.25, 0.3) is 0 Å². The molecule has 3 N–H and O–H groups in total. The maximum Gasteiger partial charge on any atom is 0.411 e. The fourth-order valence-electron chi connectivity index (χ4n) is 2.13. The first-order chi connectivity index (χ1) is 12.7. The Kier molecular flexibility index (Phi) is 12.8. The van der Waals surface area contributed by atoms with Gasteiger partial charge in [0.25, 0.3) is 0 Å². The van der Waals surface area contributed by atoms with Crippen LogP contribution in [0.2, 0.25) is 0 Å². The average molecular weight is 516 g/mol. The standard InChI is InChI=1S/C18H27F3N4O2.HI/c1-13(2)25-16(26)8-9-23-17(22-3)24-10-14-4-6-15(7-5-14)11-27-12-18(19,20)21;/h4-7,13H,8-12H2,1-3H3,(H,25,26)(H2,22,23,24);1H. The highest BCUT2D eigenvalue weighted by Gasteiger charge is 2.27. The van der Waals surface area contributed by atoms with Crippen LogP contribution in [-0.2, 0) is 22.7 Å². The second-order valence-electron chi connectivity index (χ2n) is 6.25. The van der Waals surface area contributed by atoms with Gasteiger partial charge >= 0.3 is 6.18 Å². The summed E-state index contributed by atoms with van der Waals surface area (Å²) in [5, 5.41) is 8.97. The molecule has 0 aliphatic carbocycles. The van der Waals surface area contributed by atoms with Crippen molar-refractivity contribution >= 4 is 35.8 Å². The number of hydrogen-bond donors (Lipinski definition) is 3. The number of halogens is 4. The van der Waals surface area contributed by atoms with Crippen molar-refractivity contribution in [3.8, 4) is 0 Å². The highest BCUT2D eigenvalue weighted by molar-refractivity contribution is 14.0. The average Bonchev–Trinajstić information content (AvgIpc) is 2.57. The van der Waals surface area contributed by atoms with E-state index in [2.05, 4.69) is 25.7 Å². The molecule has 1 amide bonds. The third kappa shape index (κ3) is 12.8. The smallest absolute Gasteiger partial charge is 0.367 e. The Morgan fingerprint density at radius 3 is 2.29 bits per heavy atom. The summed E-state index contributed by atoms with van der Waals surface area (Å²) < 4.78 is 40.8. The van der Waals surface area contributed by atoms with Gasteiger partial charge < -0.3 is 20.7 Å². The zero-order valence-electron chi connectivity index (χ0n) is 16.2. The topological polar surface area (TPSA) is 74.8 Å². The van der Waals surface area contributed by atoms with Crippen LogP contribution in [0.15, 0.2) is 29.3 Å². The molecule has 0 radical (unpaired) electrons. The van der Waals surface area contributed by atoms with Gasteiger partial charge in [0.15, 0.2) is 5.96 Å². The first kappa shape index (κ1) is 26.4. The molecular weight excluding hydrogens is 488 g/mol. The van der Waals surface area contributed by atoms with E-state index >= 15 is 0 Å². The van der Waals surface area contributed by atoms with E-state index in [0.29, 0.717) is 31.0 Å². The molecule has 1 aromatic rings. The van der Waals surface area contributed by atoms with E-state index in [1.54, 1.807) is 19.2 Å². The first-order valence-electron chi connectivity index (χ1n) is 8.66. The van der Waals surface area contributed by atoms with Crippen LogP contribution in [0.5, 0.6) is 0 Å². The molecular formula is C18H28F3IN4O2. The zero-order valence-corrected chi connectivity index (χ0v) is 18.6. The van der Waals surface area contributed by atoms with Gasteiger partial charge in [-0.25, -0.2) is 0 Å². The van der Waals surface area contributed by atoms with Crippen molar-refractivity contribution in [3.05, 3.63) is 35.4 Å². The third-order valence-corrected chi connectivity index (χ3v) is 3.34. The Labute approximate surface area is 180 Å². The second-order valence-corrected chi connectivity index (χ2v) is 6.25. The Bertz CT molecular complexity index is 608. The summed E-state index contributed by atoms with van der Waals surface area (Å²) in [4.78, 5) is 15.7. The van der Waals surface area contributed by atoms with Crippen molar-refractivity contribution in [2.45, 2.75) is 45.6 Å². The van der Waals surface area contributed by atoms with Gasteiger partial charge in [0.05, 0.1) is 6.61 Å². The Morgan fingerprint density at radius 2 is 1.75 bits per heavy atom. The molecule has 0 heterocycles. The van der Waals surface area contributed by atoms with Crippen LogP contribution >= 0.6 is 24.0 Å². The lowest BCUT2D eigenvalue weighted by Crippen LogP contribution is -2.39. The fourth-order valence-corrected chi connectivity index (χ4v) is 2.13. The van der Waals surface area contributed by atoms with E-state index < -0.39 is 12.8 Å². The van der Waals surface area contributed by atoms with Crippen LogP contribution in [-0.4, -0.2) is 44.3 Å². The van der Waals surface area contributed by atoms with Crippen LogP contribution in [0.1, 0.15) is 31.4 Å². The van der Waals surface area contributed by atoms with Gasteiger partial charge in [-0.1, -0.05) is 24.3 Å². The summed E-state index contributed by atoms with van der Waals surface area (Å²) in [6.07, 6.45) is -3.98. The van der Waals surface area contributed by atoms with Crippen molar-refractivity contribution in [2.75, 3.05) is 20.2 Å². The minimum atomic E-state index is -4.32. The summed E-state index contributed by atoms with van der Waals surface area (Å²) in [5.41, 5.74) is 1.61. The van der Waals surface area contributed by atoms with Crippen molar-refractivity contribution in [3.63, 3.8) is 0 Å². The summed E-state index contributed by atoms with van der Waals surface area (Å²) >= 11 is 0. The fraction of sp³-hybridized carbons (Fsp3) is 0.556. The van der Waals surface area contributed by atoms with E-state index in [1.807, 2.05) is 26.0 Å². The van der Waals surface area contributed by atoms with Crippen LogP contribution in [0, 0.1) is 0 Å². The monoisotopic (exact) mass is 516 g/mol. The number of guanidine groups is 1. The molecule has 0 aliphatic rings. The quantitative estimate of drug-likeness (QED) is 0.268. The second kappa shape index (κ2) is 13.6. The number of rotatable bonds is 9. The predicted octanol–water partition coefficient (Wildman–Crippen LogP) is 2.96. The van der Waals surface area contributed by atoms with E-state index in [1.165, 1.54) is 0 Å². The molecule has 0 spiro atoms. The van der Waals surface area contributed by atoms with Crippen molar-refractivity contribution in [1.82, 2.24) is 16.0 Å². The highest BCUT2D eigenvalue weighted by Crippen LogP contribution is 2.15. The molecule has 0 unspecified atom stereocenters. The number of benzene rings is 1. The number of nitrogens with zero attached hydrogens (tertiary/aromatic N) is 1. The largest absolute Gasteiger partial charge is 0.411 e. The minimum Gasteiger partial charge on any atom is -0.367 e. The number of amides is 1. The molecule has 0 bridgehead atoms. The van der Waals surface area contributed by atoms with Crippen molar-refractivity contribution < 1.29 is 22.7 Å². The highest BCUT2D eigenvalue weighted by atomic mass is 127. The number of carbonyl (C=O) groups is 1. The van der Waals surface area contributed by atoms with Crippen molar-refractivity contribution in [1.29, 1.82) is 0 Å². The van der Waals surface area contributed by atoms with Gasteiger partial charge in [0.2, 0.25) is 5.91 Å². The van der Waals surface area contributed by atoms with Crippen molar-refractivity contribution in [2.24, 2.45) is 4.99 Å². The Balaban J connectivity index is 0.00000729. The molecule has 10 heteroatoms. The summed E-state index contributed by atoms with van der Waals surface area (Å²) in [5.74, 6) is 0.529. The summed E-state index contributed by atoms with van der Waals surface area (Å²) in [7, 11) is 1.63. The minimum absolute atomic E-state index is 0.